The van der Waals surface area contributed by atoms with Crippen LogP contribution in [0.2, 0.25) is 0 Å². The van der Waals surface area contributed by atoms with E-state index in [4.69, 9.17) is 14.2 Å². The maximum Gasteiger partial charge on any atom is 0.198 e. The van der Waals surface area contributed by atoms with Crippen molar-refractivity contribution in [1.82, 2.24) is 5.32 Å². The molecule has 0 saturated heterocycles. The van der Waals surface area contributed by atoms with E-state index < -0.39 is 17.3 Å². The summed E-state index contributed by atoms with van der Waals surface area (Å²) in [5.41, 5.74) is 2.29. The van der Waals surface area contributed by atoms with Crippen molar-refractivity contribution in [3.8, 4) is 17.2 Å². The maximum atomic E-state index is 12.3. The molecule has 0 bridgehead atoms. The molecule has 0 saturated carbocycles. The van der Waals surface area contributed by atoms with Gasteiger partial charge >= 0.3 is 0 Å². The van der Waals surface area contributed by atoms with Gasteiger partial charge in [0.05, 0.1) is 7.11 Å². The van der Waals surface area contributed by atoms with E-state index in [-0.39, 0.29) is 12.6 Å². The molecular formula is C28H35NO5S. The fraction of sp³-hybridized carbons (Fsp3) is 0.357. The number of benzene rings is 3. The summed E-state index contributed by atoms with van der Waals surface area (Å²) in [6.45, 7) is 3.06. The van der Waals surface area contributed by atoms with Crippen molar-refractivity contribution in [2.45, 2.75) is 43.4 Å². The molecule has 7 heteroatoms. The number of aliphatic hydroxyl groups is 1. The molecule has 0 aliphatic heterocycles. The number of hydrogen-bond acceptors (Lipinski definition) is 6. The number of nitrogens with one attached hydrogen (secondary N) is 1. The van der Waals surface area contributed by atoms with Gasteiger partial charge in [-0.3, -0.25) is 0 Å². The van der Waals surface area contributed by atoms with E-state index in [0.717, 1.165) is 24.2 Å². The highest BCUT2D eigenvalue weighted by Gasteiger charge is 2.16. The van der Waals surface area contributed by atoms with Crippen molar-refractivity contribution < 1.29 is 23.9 Å². The molecule has 2 N–H and O–H groups in total. The SMILES string of the molecule is COc1ccc(CCC(C)NCC(O)COc2ccc(OCc3ccccc3)c([S+](C)[O-])c2)cc1. The number of rotatable bonds is 14. The van der Waals surface area contributed by atoms with Gasteiger partial charge in [-0.2, -0.15) is 0 Å². The van der Waals surface area contributed by atoms with E-state index in [1.165, 1.54) is 5.56 Å². The molecule has 0 aliphatic carbocycles. The average Bonchev–Trinajstić information content (AvgIpc) is 2.89. The molecule has 0 radical (unpaired) electrons. The summed E-state index contributed by atoms with van der Waals surface area (Å²) in [5, 5.41) is 13.7. The summed E-state index contributed by atoms with van der Waals surface area (Å²) in [5.74, 6) is 1.97. The Morgan fingerprint density at radius 3 is 2.34 bits per heavy atom. The number of ether oxygens (including phenoxy) is 3. The maximum absolute atomic E-state index is 12.3. The first-order valence-electron chi connectivity index (χ1n) is 11.8. The second-order valence-corrected chi connectivity index (χ2v) is 9.85. The quantitative estimate of drug-likeness (QED) is 0.322. The lowest BCUT2D eigenvalue weighted by atomic mass is 10.1. The first-order valence-corrected chi connectivity index (χ1v) is 13.3. The summed E-state index contributed by atoms with van der Waals surface area (Å²) >= 11 is -1.24. The van der Waals surface area contributed by atoms with Crippen LogP contribution in [0.1, 0.15) is 24.5 Å². The topological polar surface area (TPSA) is 83.0 Å². The Morgan fingerprint density at radius 2 is 1.66 bits per heavy atom. The van der Waals surface area contributed by atoms with E-state index in [1.807, 2.05) is 42.5 Å². The molecule has 0 spiro atoms. The van der Waals surface area contributed by atoms with Crippen LogP contribution in [0.4, 0.5) is 0 Å². The van der Waals surface area contributed by atoms with Crippen LogP contribution in [0, 0.1) is 0 Å². The first-order chi connectivity index (χ1) is 16.9. The molecule has 3 aromatic rings. The second kappa shape index (κ2) is 14.0. The smallest absolute Gasteiger partial charge is 0.198 e. The Bertz CT molecular complexity index is 1010. The lowest BCUT2D eigenvalue weighted by molar-refractivity contribution is 0.103. The fourth-order valence-electron chi connectivity index (χ4n) is 3.52. The van der Waals surface area contributed by atoms with Gasteiger partial charge in [0, 0.05) is 18.7 Å². The minimum absolute atomic E-state index is 0.137. The Kier molecular flexibility index (Phi) is 10.8. The molecule has 0 fully saturated rings. The van der Waals surface area contributed by atoms with Crippen LogP contribution in [-0.4, -0.2) is 48.3 Å². The number of hydrogen-bond donors (Lipinski definition) is 2. The molecule has 188 valence electrons. The summed E-state index contributed by atoms with van der Waals surface area (Å²) < 4.78 is 29.1. The number of aliphatic hydroxyl groups excluding tert-OH is 1. The largest absolute Gasteiger partial charge is 0.612 e. The van der Waals surface area contributed by atoms with Gasteiger partial charge in [-0.05, 0) is 66.3 Å². The van der Waals surface area contributed by atoms with Gasteiger partial charge in [-0.15, -0.1) is 0 Å². The zero-order valence-electron chi connectivity index (χ0n) is 20.6. The molecule has 0 aliphatic rings. The van der Waals surface area contributed by atoms with E-state index in [1.54, 1.807) is 31.6 Å². The number of aryl methyl sites for hydroxylation is 1. The van der Waals surface area contributed by atoms with Crippen LogP contribution in [0.3, 0.4) is 0 Å². The fourth-order valence-corrected chi connectivity index (χ4v) is 4.22. The van der Waals surface area contributed by atoms with Gasteiger partial charge in [0.1, 0.15) is 37.1 Å². The molecule has 0 heterocycles. The van der Waals surface area contributed by atoms with Crippen molar-refractivity contribution >= 4 is 11.2 Å². The highest BCUT2D eigenvalue weighted by molar-refractivity contribution is 7.90. The lowest BCUT2D eigenvalue weighted by Crippen LogP contribution is -2.36. The summed E-state index contributed by atoms with van der Waals surface area (Å²) in [6, 6.07) is 23.4. The molecule has 3 atom stereocenters. The van der Waals surface area contributed by atoms with Crippen molar-refractivity contribution in [1.29, 1.82) is 0 Å². The summed E-state index contributed by atoms with van der Waals surface area (Å²) in [4.78, 5) is 0.568. The monoisotopic (exact) mass is 497 g/mol. The standard InChI is InChI=1S/C28H35NO5S/c1-21(9-10-22-11-13-25(32-2)14-12-22)29-18-24(30)20-33-26-15-16-27(28(17-26)35(3)31)34-19-23-7-5-4-6-8-23/h4-8,11-17,21,24,29-30H,9-10,18-20H2,1-3H3. The van der Waals surface area contributed by atoms with Crippen LogP contribution >= 0.6 is 0 Å². The zero-order valence-corrected chi connectivity index (χ0v) is 21.4. The predicted octanol–water partition coefficient (Wildman–Crippen LogP) is 4.36. The zero-order chi connectivity index (χ0) is 25.0. The highest BCUT2D eigenvalue weighted by Crippen LogP contribution is 2.29. The first kappa shape index (κ1) is 26.9. The normalized spacial score (nSPS) is 13.6. The third kappa shape index (κ3) is 9.11. The Morgan fingerprint density at radius 1 is 0.943 bits per heavy atom. The predicted molar refractivity (Wildman–Crippen MR) is 140 cm³/mol. The molecule has 0 amide bonds. The minimum Gasteiger partial charge on any atom is -0.612 e. The third-order valence-corrected chi connectivity index (χ3v) is 6.57. The van der Waals surface area contributed by atoms with Gasteiger partial charge in [0.2, 0.25) is 0 Å². The van der Waals surface area contributed by atoms with Crippen LogP contribution < -0.4 is 19.5 Å². The lowest BCUT2D eigenvalue weighted by Gasteiger charge is -2.18. The van der Waals surface area contributed by atoms with E-state index in [2.05, 4.69) is 24.4 Å². The van der Waals surface area contributed by atoms with E-state index in [9.17, 15) is 9.66 Å². The van der Waals surface area contributed by atoms with E-state index >= 15 is 0 Å². The Balaban J connectivity index is 1.42. The van der Waals surface area contributed by atoms with Crippen LogP contribution in [0.15, 0.2) is 77.7 Å². The van der Waals surface area contributed by atoms with Crippen molar-refractivity contribution in [2.24, 2.45) is 0 Å². The van der Waals surface area contributed by atoms with Gasteiger partial charge in [-0.25, -0.2) is 0 Å². The third-order valence-electron chi connectivity index (χ3n) is 5.63. The van der Waals surface area contributed by atoms with Gasteiger partial charge < -0.3 is 29.2 Å². The Hall–Kier alpha value is -2.71. The van der Waals surface area contributed by atoms with Crippen molar-refractivity contribution in [3.63, 3.8) is 0 Å². The molecule has 3 aromatic carbocycles. The molecule has 6 nitrogen and oxygen atoms in total. The van der Waals surface area contributed by atoms with E-state index in [0.29, 0.717) is 29.5 Å². The average molecular weight is 498 g/mol. The van der Waals surface area contributed by atoms with Crippen LogP contribution in [0.5, 0.6) is 17.2 Å². The highest BCUT2D eigenvalue weighted by atomic mass is 32.2. The number of methoxy groups -OCH3 is 1. The minimum atomic E-state index is -1.24. The van der Waals surface area contributed by atoms with Gasteiger partial charge in [0.25, 0.3) is 0 Å². The Labute approximate surface area is 211 Å². The molecule has 0 aromatic heterocycles. The summed E-state index contributed by atoms with van der Waals surface area (Å²) in [7, 11) is 1.66. The molecular weight excluding hydrogens is 462 g/mol. The second-order valence-electron chi connectivity index (χ2n) is 8.50. The van der Waals surface area contributed by atoms with Gasteiger partial charge in [0.15, 0.2) is 10.6 Å². The summed E-state index contributed by atoms with van der Waals surface area (Å²) in [6.07, 6.45) is 2.85. The van der Waals surface area contributed by atoms with Crippen LogP contribution in [-0.2, 0) is 24.2 Å². The molecule has 35 heavy (non-hydrogen) atoms. The molecule has 3 rings (SSSR count). The van der Waals surface area contributed by atoms with Crippen molar-refractivity contribution in [3.05, 3.63) is 83.9 Å². The van der Waals surface area contributed by atoms with Crippen LogP contribution in [0.25, 0.3) is 0 Å². The van der Waals surface area contributed by atoms with Crippen molar-refractivity contribution in [2.75, 3.05) is 26.5 Å². The van der Waals surface area contributed by atoms with Gasteiger partial charge in [-0.1, -0.05) is 42.5 Å². The molecule has 3 unspecified atom stereocenters.